The Bertz CT molecular complexity index is 1320. The molecule has 0 aliphatic carbocycles. The normalized spacial score (nSPS) is 10.9. The van der Waals surface area contributed by atoms with Gasteiger partial charge in [0.1, 0.15) is 23.0 Å². The summed E-state index contributed by atoms with van der Waals surface area (Å²) in [7, 11) is 3.38. The highest BCUT2D eigenvalue weighted by Gasteiger charge is 2.26. The number of ether oxygens (including phenoxy) is 2. The fraction of sp³-hybridized carbons (Fsp3) is 0.241. The lowest BCUT2D eigenvalue weighted by atomic mass is 10.1. The average Bonchev–Trinajstić information content (AvgIpc) is 3.19. The van der Waals surface area contributed by atoms with Crippen molar-refractivity contribution in [1.82, 2.24) is 14.7 Å². The minimum atomic E-state index is -0.343. The van der Waals surface area contributed by atoms with Crippen molar-refractivity contribution in [3.05, 3.63) is 95.8 Å². The fourth-order valence-electron chi connectivity index (χ4n) is 4.05. The van der Waals surface area contributed by atoms with Crippen LogP contribution in [0.2, 0.25) is 0 Å². The van der Waals surface area contributed by atoms with E-state index in [1.54, 1.807) is 48.0 Å². The van der Waals surface area contributed by atoms with E-state index in [4.69, 9.17) is 14.6 Å². The molecule has 0 unspecified atom stereocenters. The second-order valence-corrected chi connectivity index (χ2v) is 8.99. The van der Waals surface area contributed by atoms with E-state index in [0.29, 0.717) is 29.5 Å². The van der Waals surface area contributed by atoms with Crippen molar-refractivity contribution in [3.8, 4) is 28.6 Å². The van der Waals surface area contributed by atoms with Gasteiger partial charge in [0.2, 0.25) is 5.88 Å². The quantitative estimate of drug-likeness (QED) is 0.277. The summed E-state index contributed by atoms with van der Waals surface area (Å²) < 4.78 is 26.7. The predicted octanol–water partition coefficient (Wildman–Crippen LogP) is 6.33. The molecule has 6 nitrogen and oxygen atoms in total. The highest BCUT2D eigenvalue weighted by molar-refractivity contribution is 5.94. The van der Waals surface area contributed by atoms with E-state index in [1.165, 1.54) is 12.1 Å². The van der Waals surface area contributed by atoms with Crippen LogP contribution in [0.5, 0.6) is 17.4 Å². The molecule has 1 aromatic heterocycles. The van der Waals surface area contributed by atoms with Crippen molar-refractivity contribution >= 4 is 5.91 Å². The van der Waals surface area contributed by atoms with Crippen LogP contribution in [0.15, 0.2) is 78.9 Å². The standard InChI is InChI=1S/C29H30FN3O3/c1-20(2)18-33(28(34)22-11-8-12-25(17-22)35-4)19-26-27(21-9-6-5-7-10-21)31-32(3)29(26)36-24-15-13-23(30)14-16-24/h5-17,20H,18-19H2,1-4H3. The number of rotatable bonds is 9. The molecule has 0 radical (unpaired) electrons. The highest BCUT2D eigenvalue weighted by Crippen LogP contribution is 2.34. The number of carbonyl (C=O) groups excluding carboxylic acids is 1. The Balaban J connectivity index is 1.77. The zero-order chi connectivity index (χ0) is 25.7. The van der Waals surface area contributed by atoms with Gasteiger partial charge in [-0.3, -0.25) is 4.79 Å². The van der Waals surface area contributed by atoms with E-state index in [1.807, 2.05) is 42.5 Å². The van der Waals surface area contributed by atoms with Crippen molar-refractivity contribution < 1.29 is 18.7 Å². The number of hydrogen-bond donors (Lipinski definition) is 0. The van der Waals surface area contributed by atoms with Crippen molar-refractivity contribution in [1.29, 1.82) is 0 Å². The van der Waals surface area contributed by atoms with Gasteiger partial charge in [-0.15, -0.1) is 0 Å². The summed E-state index contributed by atoms with van der Waals surface area (Å²) in [6, 6.07) is 22.8. The van der Waals surface area contributed by atoms with Crippen molar-refractivity contribution in [3.63, 3.8) is 0 Å². The van der Waals surface area contributed by atoms with E-state index in [-0.39, 0.29) is 24.2 Å². The van der Waals surface area contributed by atoms with Gasteiger partial charge in [-0.2, -0.15) is 5.10 Å². The maximum absolute atomic E-state index is 13.7. The number of aryl methyl sites for hydroxylation is 1. The number of benzene rings is 3. The monoisotopic (exact) mass is 487 g/mol. The summed E-state index contributed by atoms with van der Waals surface area (Å²) in [6.07, 6.45) is 0. The van der Waals surface area contributed by atoms with E-state index < -0.39 is 0 Å². The fourth-order valence-corrected chi connectivity index (χ4v) is 4.05. The van der Waals surface area contributed by atoms with Gasteiger partial charge in [-0.05, 0) is 48.4 Å². The molecule has 0 aliphatic heterocycles. The number of aromatic nitrogens is 2. The Morgan fingerprint density at radius 1 is 1.00 bits per heavy atom. The van der Waals surface area contributed by atoms with E-state index >= 15 is 0 Å². The van der Waals surface area contributed by atoms with Gasteiger partial charge in [0.15, 0.2) is 0 Å². The summed E-state index contributed by atoms with van der Waals surface area (Å²) in [4.78, 5) is 15.5. The van der Waals surface area contributed by atoms with Gasteiger partial charge in [-0.25, -0.2) is 9.07 Å². The number of halogens is 1. The highest BCUT2D eigenvalue weighted by atomic mass is 19.1. The summed E-state index contributed by atoms with van der Waals surface area (Å²) >= 11 is 0. The van der Waals surface area contributed by atoms with Crippen LogP contribution in [0.1, 0.15) is 29.8 Å². The molecule has 0 fully saturated rings. The molecule has 4 aromatic rings. The smallest absolute Gasteiger partial charge is 0.254 e. The molecular weight excluding hydrogens is 457 g/mol. The van der Waals surface area contributed by atoms with Crippen LogP contribution in [0.3, 0.4) is 0 Å². The molecule has 7 heteroatoms. The van der Waals surface area contributed by atoms with Crippen LogP contribution in [0.25, 0.3) is 11.3 Å². The first-order valence-corrected chi connectivity index (χ1v) is 11.8. The maximum Gasteiger partial charge on any atom is 0.254 e. The van der Waals surface area contributed by atoms with Crippen LogP contribution in [0, 0.1) is 11.7 Å². The third kappa shape index (κ3) is 5.74. The molecule has 1 heterocycles. The summed E-state index contributed by atoms with van der Waals surface area (Å²) in [6.45, 7) is 4.96. The number of methoxy groups -OCH3 is 1. The molecule has 0 N–H and O–H groups in total. The van der Waals surface area contributed by atoms with Gasteiger partial charge >= 0.3 is 0 Å². The second-order valence-electron chi connectivity index (χ2n) is 8.99. The van der Waals surface area contributed by atoms with Crippen LogP contribution < -0.4 is 9.47 Å². The van der Waals surface area contributed by atoms with Gasteiger partial charge in [0.05, 0.1) is 19.2 Å². The lowest BCUT2D eigenvalue weighted by Crippen LogP contribution is -2.34. The van der Waals surface area contributed by atoms with Gasteiger partial charge in [-0.1, -0.05) is 50.2 Å². The number of hydrogen-bond acceptors (Lipinski definition) is 4. The molecule has 0 atom stereocenters. The lowest BCUT2D eigenvalue weighted by Gasteiger charge is -2.25. The van der Waals surface area contributed by atoms with Crippen molar-refractivity contribution in [2.75, 3.05) is 13.7 Å². The molecule has 0 saturated heterocycles. The third-order valence-corrected chi connectivity index (χ3v) is 5.70. The molecule has 0 aliphatic rings. The van der Waals surface area contributed by atoms with Crippen LogP contribution in [0.4, 0.5) is 4.39 Å². The van der Waals surface area contributed by atoms with Crippen molar-refractivity contribution in [2.45, 2.75) is 20.4 Å². The minimum Gasteiger partial charge on any atom is -0.497 e. The Morgan fingerprint density at radius 3 is 2.39 bits per heavy atom. The zero-order valence-electron chi connectivity index (χ0n) is 20.9. The molecule has 0 saturated carbocycles. The van der Waals surface area contributed by atoms with E-state index in [9.17, 15) is 9.18 Å². The maximum atomic E-state index is 13.7. The molecule has 186 valence electrons. The van der Waals surface area contributed by atoms with Gasteiger partial charge in [0.25, 0.3) is 5.91 Å². The summed E-state index contributed by atoms with van der Waals surface area (Å²) in [5.41, 5.74) is 2.95. The Morgan fingerprint density at radius 2 is 1.72 bits per heavy atom. The molecule has 0 spiro atoms. The van der Waals surface area contributed by atoms with Gasteiger partial charge in [0, 0.05) is 24.7 Å². The molecule has 1 amide bonds. The molecule has 4 rings (SSSR count). The predicted molar refractivity (Wildman–Crippen MR) is 138 cm³/mol. The summed E-state index contributed by atoms with van der Waals surface area (Å²) in [5.74, 6) is 1.38. The first kappa shape index (κ1) is 25.0. The van der Waals surface area contributed by atoms with Crippen LogP contribution >= 0.6 is 0 Å². The third-order valence-electron chi connectivity index (χ3n) is 5.70. The Kier molecular flexibility index (Phi) is 7.68. The van der Waals surface area contributed by atoms with E-state index in [0.717, 1.165) is 16.8 Å². The minimum absolute atomic E-state index is 0.113. The molecular formula is C29H30FN3O3. The average molecular weight is 488 g/mol. The molecule has 36 heavy (non-hydrogen) atoms. The first-order valence-electron chi connectivity index (χ1n) is 11.8. The van der Waals surface area contributed by atoms with Crippen molar-refractivity contribution in [2.24, 2.45) is 13.0 Å². The second kappa shape index (κ2) is 11.1. The zero-order valence-corrected chi connectivity index (χ0v) is 20.9. The topological polar surface area (TPSA) is 56.6 Å². The van der Waals surface area contributed by atoms with E-state index in [2.05, 4.69) is 13.8 Å². The Labute approximate surface area is 210 Å². The number of carbonyl (C=O) groups is 1. The number of amides is 1. The van der Waals surface area contributed by atoms with Gasteiger partial charge < -0.3 is 14.4 Å². The summed E-state index contributed by atoms with van der Waals surface area (Å²) in [5, 5.41) is 4.75. The van der Waals surface area contributed by atoms with Crippen LogP contribution in [-0.2, 0) is 13.6 Å². The number of nitrogens with zero attached hydrogens (tertiary/aromatic N) is 3. The molecule has 3 aromatic carbocycles. The largest absolute Gasteiger partial charge is 0.497 e. The Hall–Kier alpha value is -4.13. The SMILES string of the molecule is COc1cccc(C(=O)N(Cc2c(-c3ccccc3)nn(C)c2Oc2ccc(F)cc2)CC(C)C)c1. The lowest BCUT2D eigenvalue weighted by molar-refractivity contribution is 0.0721. The first-order chi connectivity index (χ1) is 17.4. The van der Waals surface area contributed by atoms with Crippen LogP contribution in [-0.4, -0.2) is 34.2 Å². The molecule has 0 bridgehead atoms.